The fourth-order valence-corrected chi connectivity index (χ4v) is 2.72. The van der Waals surface area contributed by atoms with E-state index in [1.807, 2.05) is 18.2 Å². The molecule has 0 aromatic heterocycles. The van der Waals surface area contributed by atoms with E-state index in [1.165, 1.54) is 11.1 Å². The van der Waals surface area contributed by atoms with Crippen molar-refractivity contribution in [3.8, 4) is 0 Å². The predicted molar refractivity (Wildman–Crippen MR) is 59.8 cm³/mol. The third-order valence-electron chi connectivity index (χ3n) is 2.31. The molecule has 0 saturated heterocycles. The zero-order valence-corrected chi connectivity index (χ0v) is 9.05. The Bertz CT molecular complexity index is 371. The number of hydrogen-bond acceptors (Lipinski definition) is 1. The molecule has 0 spiro atoms. The maximum Gasteiger partial charge on any atom is 0.0748 e. The molecule has 66 valence electrons. The SMILES string of the molecule is [N-]=[N+]=N[C@@H]1c2ccccc2C[C@H]1I. The van der Waals surface area contributed by atoms with Gasteiger partial charge in [0.05, 0.1) is 6.04 Å². The first-order chi connectivity index (χ1) is 6.33. The Labute approximate surface area is 89.9 Å². The van der Waals surface area contributed by atoms with Crippen molar-refractivity contribution in [3.63, 3.8) is 0 Å². The largest absolute Gasteiger partial charge is 0.0848 e. The summed E-state index contributed by atoms with van der Waals surface area (Å²) in [6, 6.07) is 8.21. The summed E-state index contributed by atoms with van der Waals surface area (Å²) in [5, 5.41) is 3.82. The highest BCUT2D eigenvalue weighted by Crippen LogP contribution is 2.38. The average molecular weight is 285 g/mol. The third kappa shape index (κ3) is 1.51. The number of alkyl halides is 1. The molecular formula is C9H8IN3. The molecule has 0 saturated carbocycles. The Hall–Kier alpha value is -0.740. The lowest BCUT2D eigenvalue weighted by Crippen LogP contribution is -2.01. The van der Waals surface area contributed by atoms with Gasteiger partial charge in [-0.2, -0.15) is 0 Å². The van der Waals surface area contributed by atoms with Crippen molar-refractivity contribution in [1.29, 1.82) is 0 Å². The van der Waals surface area contributed by atoms with Crippen molar-refractivity contribution in [1.82, 2.24) is 0 Å². The van der Waals surface area contributed by atoms with Crippen LogP contribution in [-0.2, 0) is 6.42 Å². The van der Waals surface area contributed by atoms with E-state index in [0.717, 1.165) is 6.42 Å². The molecule has 1 aromatic carbocycles. The Kier molecular flexibility index (Phi) is 2.42. The highest BCUT2D eigenvalue weighted by Gasteiger charge is 2.28. The molecule has 3 nitrogen and oxygen atoms in total. The van der Waals surface area contributed by atoms with E-state index < -0.39 is 0 Å². The zero-order chi connectivity index (χ0) is 9.26. The van der Waals surface area contributed by atoms with Gasteiger partial charge in [0.25, 0.3) is 0 Å². The van der Waals surface area contributed by atoms with Crippen LogP contribution in [0.5, 0.6) is 0 Å². The van der Waals surface area contributed by atoms with Gasteiger partial charge in [-0.25, -0.2) is 0 Å². The van der Waals surface area contributed by atoms with Gasteiger partial charge in [-0.05, 0) is 23.1 Å². The molecule has 0 N–H and O–H groups in total. The van der Waals surface area contributed by atoms with Gasteiger partial charge in [-0.1, -0.05) is 52.0 Å². The summed E-state index contributed by atoms with van der Waals surface area (Å²) >= 11 is 2.35. The first-order valence-electron chi connectivity index (χ1n) is 4.09. The highest BCUT2D eigenvalue weighted by atomic mass is 127. The average Bonchev–Trinajstić information content (AvgIpc) is 2.44. The smallest absolute Gasteiger partial charge is 0.0748 e. The lowest BCUT2D eigenvalue weighted by molar-refractivity contribution is 0.747. The minimum Gasteiger partial charge on any atom is -0.0848 e. The van der Waals surface area contributed by atoms with Crippen molar-refractivity contribution in [2.24, 2.45) is 5.11 Å². The maximum absolute atomic E-state index is 8.43. The topological polar surface area (TPSA) is 48.8 Å². The molecule has 1 aromatic rings. The quantitative estimate of drug-likeness (QED) is 0.250. The van der Waals surface area contributed by atoms with Crippen LogP contribution in [0.15, 0.2) is 29.4 Å². The van der Waals surface area contributed by atoms with Gasteiger partial charge < -0.3 is 0 Å². The number of hydrogen-bond donors (Lipinski definition) is 0. The van der Waals surface area contributed by atoms with E-state index in [0.29, 0.717) is 3.92 Å². The molecule has 0 amide bonds. The summed E-state index contributed by atoms with van der Waals surface area (Å²) in [7, 11) is 0. The van der Waals surface area contributed by atoms with Crippen LogP contribution in [0.2, 0.25) is 0 Å². The number of azide groups is 1. The normalized spacial score (nSPS) is 25.0. The van der Waals surface area contributed by atoms with Gasteiger partial charge in [0.1, 0.15) is 0 Å². The van der Waals surface area contributed by atoms with Crippen LogP contribution in [-0.4, -0.2) is 3.92 Å². The molecule has 1 aliphatic carbocycles. The van der Waals surface area contributed by atoms with E-state index in [4.69, 9.17) is 5.53 Å². The second-order valence-electron chi connectivity index (χ2n) is 3.07. The maximum atomic E-state index is 8.43. The van der Waals surface area contributed by atoms with Gasteiger partial charge in [-0.15, -0.1) is 0 Å². The molecule has 2 atom stereocenters. The lowest BCUT2D eigenvalue weighted by Gasteiger charge is -2.06. The molecule has 0 heterocycles. The minimum atomic E-state index is 0.0294. The van der Waals surface area contributed by atoms with E-state index in [9.17, 15) is 0 Å². The second-order valence-corrected chi connectivity index (χ2v) is 4.67. The molecule has 0 aliphatic heterocycles. The standard InChI is InChI=1S/C9H8IN3/c10-8-5-6-3-1-2-4-7(6)9(8)12-13-11/h1-4,8-9H,5H2/t8-,9-/m1/s1. The summed E-state index contributed by atoms with van der Waals surface area (Å²) in [6.07, 6.45) is 1.01. The summed E-state index contributed by atoms with van der Waals surface area (Å²) in [5.41, 5.74) is 10.9. The first kappa shape index (κ1) is 8.84. The van der Waals surface area contributed by atoms with Gasteiger partial charge in [0, 0.05) is 8.84 Å². The molecule has 4 heteroatoms. The lowest BCUT2D eigenvalue weighted by atomic mass is 10.1. The Morgan fingerprint density at radius 3 is 3.00 bits per heavy atom. The van der Waals surface area contributed by atoms with Gasteiger partial charge >= 0.3 is 0 Å². The van der Waals surface area contributed by atoms with Crippen LogP contribution in [0.1, 0.15) is 17.2 Å². The fraction of sp³-hybridized carbons (Fsp3) is 0.333. The molecule has 0 bridgehead atoms. The number of nitrogens with zero attached hydrogens (tertiary/aromatic N) is 3. The summed E-state index contributed by atoms with van der Waals surface area (Å²) in [4.78, 5) is 2.89. The second kappa shape index (κ2) is 3.55. The number of fused-ring (bicyclic) bond motifs is 1. The molecule has 0 unspecified atom stereocenters. The van der Waals surface area contributed by atoms with Crippen LogP contribution in [0.4, 0.5) is 0 Å². The number of benzene rings is 1. The predicted octanol–water partition coefficient (Wildman–Crippen LogP) is 3.40. The van der Waals surface area contributed by atoms with Crippen LogP contribution in [0, 0.1) is 0 Å². The van der Waals surface area contributed by atoms with Gasteiger partial charge in [0.2, 0.25) is 0 Å². The monoisotopic (exact) mass is 285 g/mol. The minimum absolute atomic E-state index is 0.0294. The first-order valence-corrected chi connectivity index (χ1v) is 5.33. The molecule has 2 rings (SSSR count). The van der Waals surface area contributed by atoms with Crippen molar-refractivity contribution >= 4 is 22.6 Å². The van der Waals surface area contributed by atoms with E-state index in [-0.39, 0.29) is 6.04 Å². The van der Waals surface area contributed by atoms with Crippen molar-refractivity contribution < 1.29 is 0 Å². The zero-order valence-electron chi connectivity index (χ0n) is 6.89. The Morgan fingerprint density at radius 2 is 2.23 bits per heavy atom. The summed E-state index contributed by atoms with van der Waals surface area (Å²) in [5.74, 6) is 0. The molecule has 0 radical (unpaired) electrons. The molecule has 0 fully saturated rings. The van der Waals surface area contributed by atoms with Crippen LogP contribution >= 0.6 is 22.6 Å². The summed E-state index contributed by atoms with van der Waals surface area (Å²) < 4.78 is 0.408. The van der Waals surface area contributed by atoms with Crippen molar-refractivity contribution in [3.05, 3.63) is 45.8 Å². The van der Waals surface area contributed by atoms with E-state index in [1.54, 1.807) is 0 Å². The Balaban J connectivity index is 2.46. The van der Waals surface area contributed by atoms with E-state index >= 15 is 0 Å². The van der Waals surface area contributed by atoms with E-state index in [2.05, 4.69) is 38.7 Å². The van der Waals surface area contributed by atoms with Crippen molar-refractivity contribution in [2.75, 3.05) is 0 Å². The molecular weight excluding hydrogens is 277 g/mol. The summed E-state index contributed by atoms with van der Waals surface area (Å²) in [6.45, 7) is 0. The molecule has 1 aliphatic rings. The van der Waals surface area contributed by atoms with Crippen LogP contribution < -0.4 is 0 Å². The molecule has 13 heavy (non-hydrogen) atoms. The number of halogens is 1. The highest BCUT2D eigenvalue weighted by molar-refractivity contribution is 14.1. The number of rotatable bonds is 1. The van der Waals surface area contributed by atoms with Gasteiger partial charge in [-0.3, -0.25) is 0 Å². The Morgan fingerprint density at radius 1 is 1.46 bits per heavy atom. The fourth-order valence-electron chi connectivity index (χ4n) is 1.72. The third-order valence-corrected chi connectivity index (χ3v) is 3.43. The van der Waals surface area contributed by atoms with Crippen LogP contribution in [0.25, 0.3) is 10.4 Å². The van der Waals surface area contributed by atoms with Crippen molar-refractivity contribution in [2.45, 2.75) is 16.4 Å². The van der Waals surface area contributed by atoms with Gasteiger partial charge in [0.15, 0.2) is 0 Å². The van der Waals surface area contributed by atoms with Crippen LogP contribution in [0.3, 0.4) is 0 Å².